The van der Waals surface area contributed by atoms with Crippen LogP contribution in [0.15, 0.2) is 18.5 Å². The summed E-state index contributed by atoms with van der Waals surface area (Å²) < 4.78 is 7.52. The summed E-state index contributed by atoms with van der Waals surface area (Å²) in [5.74, 6) is 0.287. The molecule has 1 aromatic rings. The van der Waals surface area contributed by atoms with Gasteiger partial charge in [0.25, 0.3) is 0 Å². The fourth-order valence-electron chi connectivity index (χ4n) is 3.28. The molecule has 0 spiro atoms. The first-order valence-corrected chi connectivity index (χ1v) is 7.71. The lowest BCUT2D eigenvalue weighted by atomic mass is 10.1. The van der Waals surface area contributed by atoms with Crippen LogP contribution in [0.4, 0.5) is 0 Å². The van der Waals surface area contributed by atoms with Gasteiger partial charge in [-0.3, -0.25) is 9.48 Å². The molecule has 20 heavy (non-hydrogen) atoms. The zero-order chi connectivity index (χ0) is 13.8. The second-order valence-corrected chi connectivity index (χ2v) is 5.78. The number of nitrogens with zero attached hydrogens (tertiary/aromatic N) is 3. The summed E-state index contributed by atoms with van der Waals surface area (Å²) in [6.07, 6.45) is 10.0. The summed E-state index contributed by atoms with van der Waals surface area (Å²) in [5.41, 5.74) is 0. The molecule has 2 aliphatic rings. The molecule has 0 aliphatic carbocycles. The quantitative estimate of drug-likeness (QED) is 0.825. The minimum atomic E-state index is 0.287. The summed E-state index contributed by atoms with van der Waals surface area (Å²) in [7, 11) is 0. The Kier molecular flexibility index (Phi) is 4.35. The molecule has 1 aromatic heterocycles. The van der Waals surface area contributed by atoms with Gasteiger partial charge in [-0.25, -0.2) is 0 Å². The molecule has 1 amide bonds. The lowest BCUT2D eigenvalue weighted by molar-refractivity contribution is -0.132. The topological polar surface area (TPSA) is 47.4 Å². The molecule has 2 saturated heterocycles. The third-order valence-electron chi connectivity index (χ3n) is 4.36. The summed E-state index contributed by atoms with van der Waals surface area (Å²) in [5, 5.41) is 4.24. The smallest absolute Gasteiger partial charge is 0.222 e. The van der Waals surface area contributed by atoms with E-state index in [4.69, 9.17) is 4.74 Å². The summed E-state index contributed by atoms with van der Waals surface area (Å²) in [6.45, 7) is 2.58. The Morgan fingerprint density at radius 1 is 1.35 bits per heavy atom. The molecular formula is C15H23N3O2. The molecule has 0 radical (unpaired) electrons. The Hall–Kier alpha value is -1.36. The van der Waals surface area contributed by atoms with E-state index < -0.39 is 0 Å². The maximum atomic E-state index is 12.4. The van der Waals surface area contributed by atoms with E-state index in [1.54, 1.807) is 6.20 Å². The molecule has 0 aromatic carbocycles. The van der Waals surface area contributed by atoms with Crippen molar-refractivity contribution in [2.24, 2.45) is 0 Å². The fourth-order valence-corrected chi connectivity index (χ4v) is 3.28. The Balaban J connectivity index is 1.50. The standard InChI is InChI=1S/C15H23N3O2/c19-15(7-6-14-5-2-11-20-14)18-10-1-4-13(18)12-17-9-3-8-16-17/h3,8-9,13-14H,1-2,4-7,10-12H2/t13-,14-/m0/s1. The van der Waals surface area contributed by atoms with E-state index in [0.717, 1.165) is 51.8 Å². The maximum Gasteiger partial charge on any atom is 0.222 e. The van der Waals surface area contributed by atoms with Gasteiger partial charge in [-0.1, -0.05) is 0 Å². The van der Waals surface area contributed by atoms with E-state index in [1.165, 1.54) is 0 Å². The molecule has 0 unspecified atom stereocenters. The van der Waals surface area contributed by atoms with Gasteiger partial charge in [0.15, 0.2) is 0 Å². The van der Waals surface area contributed by atoms with Crippen molar-refractivity contribution < 1.29 is 9.53 Å². The van der Waals surface area contributed by atoms with Crippen molar-refractivity contribution in [3.8, 4) is 0 Å². The van der Waals surface area contributed by atoms with Crippen LogP contribution < -0.4 is 0 Å². The van der Waals surface area contributed by atoms with Gasteiger partial charge in [-0.15, -0.1) is 0 Å². The minimum absolute atomic E-state index is 0.287. The number of likely N-dealkylation sites (tertiary alicyclic amines) is 1. The fraction of sp³-hybridized carbons (Fsp3) is 0.733. The van der Waals surface area contributed by atoms with Crippen LogP contribution in [0.5, 0.6) is 0 Å². The molecule has 5 nitrogen and oxygen atoms in total. The highest BCUT2D eigenvalue weighted by Crippen LogP contribution is 2.22. The van der Waals surface area contributed by atoms with Crippen LogP contribution in [0.1, 0.15) is 38.5 Å². The lowest BCUT2D eigenvalue weighted by Gasteiger charge is -2.25. The van der Waals surface area contributed by atoms with Gasteiger partial charge in [-0.05, 0) is 38.2 Å². The highest BCUT2D eigenvalue weighted by atomic mass is 16.5. The van der Waals surface area contributed by atoms with Gasteiger partial charge < -0.3 is 9.64 Å². The molecule has 0 bridgehead atoms. The van der Waals surface area contributed by atoms with E-state index in [0.29, 0.717) is 18.6 Å². The van der Waals surface area contributed by atoms with Crippen molar-refractivity contribution in [1.82, 2.24) is 14.7 Å². The Morgan fingerprint density at radius 2 is 2.30 bits per heavy atom. The van der Waals surface area contributed by atoms with Crippen molar-refractivity contribution in [2.75, 3.05) is 13.2 Å². The molecule has 2 aliphatic heterocycles. The van der Waals surface area contributed by atoms with E-state index in [9.17, 15) is 4.79 Å². The van der Waals surface area contributed by atoms with Crippen molar-refractivity contribution >= 4 is 5.91 Å². The number of hydrogen-bond donors (Lipinski definition) is 0. The zero-order valence-electron chi connectivity index (χ0n) is 11.9. The second-order valence-electron chi connectivity index (χ2n) is 5.78. The lowest BCUT2D eigenvalue weighted by Crippen LogP contribution is -2.38. The zero-order valence-corrected chi connectivity index (χ0v) is 11.9. The van der Waals surface area contributed by atoms with E-state index >= 15 is 0 Å². The van der Waals surface area contributed by atoms with Gasteiger partial charge in [0.05, 0.1) is 18.7 Å². The summed E-state index contributed by atoms with van der Waals surface area (Å²) >= 11 is 0. The van der Waals surface area contributed by atoms with E-state index in [-0.39, 0.29) is 5.91 Å². The third kappa shape index (κ3) is 3.20. The Bertz CT molecular complexity index is 426. The molecule has 5 heteroatoms. The first-order chi connectivity index (χ1) is 9.83. The maximum absolute atomic E-state index is 12.4. The average Bonchev–Trinajstić information content (AvgIpc) is 3.19. The molecule has 3 heterocycles. The van der Waals surface area contributed by atoms with Crippen LogP contribution in [-0.2, 0) is 16.1 Å². The van der Waals surface area contributed by atoms with Crippen LogP contribution in [0.2, 0.25) is 0 Å². The van der Waals surface area contributed by atoms with E-state index in [1.807, 2.05) is 16.9 Å². The largest absolute Gasteiger partial charge is 0.378 e. The highest BCUT2D eigenvalue weighted by Gasteiger charge is 2.29. The van der Waals surface area contributed by atoms with E-state index in [2.05, 4.69) is 10.00 Å². The summed E-state index contributed by atoms with van der Waals surface area (Å²) in [4.78, 5) is 14.4. The number of carbonyl (C=O) groups excluding carboxylic acids is 1. The molecule has 0 N–H and O–H groups in total. The predicted molar refractivity (Wildman–Crippen MR) is 75.2 cm³/mol. The van der Waals surface area contributed by atoms with Crippen molar-refractivity contribution in [3.63, 3.8) is 0 Å². The van der Waals surface area contributed by atoms with Crippen LogP contribution >= 0.6 is 0 Å². The number of carbonyl (C=O) groups is 1. The molecule has 0 saturated carbocycles. The number of aromatic nitrogens is 2. The normalized spacial score (nSPS) is 26.3. The van der Waals surface area contributed by atoms with Crippen molar-refractivity contribution in [3.05, 3.63) is 18.5 Å². The Labute approximate surface area is 119 Å². The van der Waals surface area contributed by atoms with Crippen LogP contribution in [0.3, 0.4) is 0 Å². The number of hydrogen-bond acceptors (Lipinski definition) is 3. The van der Waals surface area contributed by atoms with Gasteiger partial charge in [-0.2, -0.15) is 5.10 Å². The van der Waals surface area contributed by atoms with Gasteiger partial charge >= 0.3 is 0 Å². The molecule has 110 valence electrons. The van der Waals surface area contributed by atoms with Gasteiger partial charge in [0, 0.05) is 32.0 Å². The predicted octanol–water partition coefficient (Wildman–Crippen LogP) is 1.83. The SMILES string of the molecule is O=C(CC[C@@H]1CCCO1)N1CCC[C@H]1Cn1cccn1. The summed E-state index contributed by atoms with van der Waals surface area (Å²) in [6, 6.07) is 2.24. The highest BCUT2D eigenvalue weighted by molar-refractivity contribution is 5.76. The van der Waals surface area contributed by atoms with Gasteiger partial charge in [0.1, 0.15) is 0 Å². The van der Waals surface area contributed by atoms with Crippen molar-refractivity contribution in [2.45, 2.75) is 57.2 Å². The average molecular weight is 277 g/mol. The number of ether oxygens (including phenoxy) is 1. The molecular weight excluding hydrogens is 254 g/mol. The minimum Gasteiger partial charge on any atom is -0.378 e. The molecule has 2 atom stereocenters. The number of amides is 1. The van der Waals surface area contributed by atoms with Crippen molar-refractivity contribution in [1.29, 1.82) is 0 Å². The molecule has 3 rings (SSSR count). The number of rotatable bonds is 5. The first-order valence-electron chi connectivity index (χ1n) is 7.71. The van der Waals surface area contributed by atoms with Crippen LogP contribution in [0, 0.1) is 0 Å². The Morgan fingerprint density at radius 3 is 3.05 bits per heavy atom. The first kappa shape index (κ1) is 13.6. The third-order valence-corrected chi connectivity index (χ3v) is 4.36. The van der Waals surface area contributed by atoms with Gasteiger partial charge in [0.2, 0.25) is 5.91 Å². The monoisotopic (exact) mass is 277 g/mol. The van der Waals surface area contributed by atoms with Crippen LogP contribution in [0.25, 0.3) is 0 Å². The second kappa shape index (κ2) is 6.39. The van der Waals surface area contributed by atoms with Crippen LogP contribution in [-0.4, -0.2) is 45.9 Å². The molecule has 2 fully saturated rings.